The Balaban J connectivity index is 1.55. The average Bonchev–Trinajstić information content (AvgIpc) is 2.65. The van der Waals surface area contributed by atoms with Crippen molar-refractivity contribution >= 4 is 34.2 Å². The molecule has 0 bridgehead atoms. The Hall–Kier alpha value is -2.85. The molecule has 0 saturated carbocycles. The van der Waals surface area contributed by atoms with Crippen LogP contribution < -0.4 is 5.32 Å². The number of aromatic nitrogens is 2. The molecule has 0 aliphatic heterocycles. The topological polar surface area (TPSA) is 37.8 Å². The van der Waals surface area contributed by atoms with Gasteiger partial charge in [0.05, 0.1) is 5.52 Å². The summed E-state index contributed by atoms with van der Waals surface area (Å²) in [6.07, 6.45) is 1.59. The van der Waals surface area contributed by atoms with Gasteiger partial charge in [-0.15, -0.1) is 0 Å². The minimum Gasteiger partial charge on any atom is -0.340 e. The van der Waals surface area contributed by atoms with E-state index in [1.165, 1.54) is 9.79 Å². The molecule has 0 aliphatic rings. The second-order valence-corrected chi connectivity index (χ2v) is 6.45. The maximum atomic E-state index is 4.36. The lowest BCUT2D eigenvalue weighted by Gasteiger charge is -2.09. The Bertz CT molecular complexity index is 948. The Labute approximate surface area is 144 Å². The Morgan fingerprint density at radius 2 is 1.38 bits per heavy atom. The number of hydrogen-bond acceptors (Lipinski definition) is 4. The van der Waals surface area contributed by atoms with Crippen LogP contribution in [0.3, 0.4) is 0 Å². The van der Waals surface area contributed by atoms with E-state index >= 15 is 0 Å². The molecule has 3 aromatic carbocycles. The van der Waals surface area contributed by atoms with Gasteiger partial charge in [-0.25, -0.2) is 9.97 Å². The number of fused-ring (bicyclic) bond motifs is 1. The minimum atomic E-state index is 0.823. The van der Waals surface area contributed by atoms with Gasteiger partial charge in [-0.2, -0.15) is 0 Å². The third kappa shape index (κ3) is 3.24. The van der Waals surface area contributed by atoms with Gasteiger partial charge in [0.2, 0.25) is 0 Å². The molecule has 0 atom stereocenters. The van der Waals surface area contributed by atoms with E-state index in [4.69, 9.17) is 0 Å². The highest BCUT2D eigenvalue weighted by molar-refractivity contribution is 7.99. The van der Waals surface area contributed by atoms with Crippen LogP contribution in [0.15, 0.2) is 95.0 Å². The molecule has 0 aliphatic carbocycles. The standard InChI is InChI=1S/C20H15N3S/c1-2-6-16(7-3-1)24-17-12-10-15(11-13-17)23-20-18-8-4-5-9-19(18)21-14-22-20/h1-14H,(H,21,22,23). The number of rotatable bonds is 4. The molecule has 0 saturated heterocycles. The normalized spacial score (nSPS) is 10.7. The van der Waals surface area contributed by atoms with Crippen molar-refractivity contribution in [1.29, 1.82) is 0 Å². The van der Waals surface area contributed by atoms with Gasteiger partial charge >= 0.3 is 0 Å². The number of nitrogens with zero attached hydrogens (tertiary/aromatic N) is 2. The maximum absolute atomic E-state index is 4.36. The summed E-state index contributed by atoms with van der Waals surface area (Å²) < 4.78 is 0. The largest absolute Gasteiger partial charge is 0.340 e. The van der Waals surface area contributed by atoms with E-state index < -0.39 is 0 Å². The van der Waals surface area contributed by atoms with Gasteiger partial charge in [-0.3, -0.25) is 0 Å². The van der Waals surface area contributed by atoms with Gasteiger partial charge in [0.25, 0.3) is 0 Å². The van der Waals surface area contributed by atoms with Crippen LogP contribution in [-0.2, 0) is 0 Å². The first-order valence-electron chi connectivity index (χ1n) is 7.68. The third-order valence-electron chi connectivity index (χ3n) is 3.64. The van der Waals surface area contributed by atoms with Gasteiger partial charge in [-0.05, 0) is 48.5 Å². The smallest absolute Gasteiger partial charge is 0.141 e. The molecular weight excluding hydrogens is 314 g/mol. The van der Waals surface area contributed by atoms with E-state index in [0.717, 1.165) is 22.4 Å². The van der Waals surface area contributed by atoms with Crippen LogP contribution in [0.4, 0.5) is 11.5 Å². The van der Waals surface area contributed by atoms with Crippen LogP contribution in [0.5, 0.6) is 0 Å². The molecule has 3 nitrogen and oxygen atoms in total. The summed E-state index contributed by atoms with van der Waals surface area (Å²) in [7, 11) is 0. The van der Waals surface area contributed by atoms with Crippen LogP contribution >= 0.6 is 11.8 Å². The van der Waals surface area contributed by atoms with Crippen LogP contribution in [0.25, 0.3) is 10.9 Å². The molecule has 116 valence electrons. The monoisotopic (exact) mass is 329 g/mol. The zero-order valence-corrected chi connectivity index (χ0v) is 13.7. The van der Waals surface area contributed by atoms with E-state index in [1.54, 1.807) is 18.1 Å². The van der Waals surface area contributed by atoms with Crippen molar-refractivity contribution < 1.29 is 0 Å². The molecule has 0 amide bonds. The lowest BCUT2D eigenvalue weighted by atomic mass is 10.2. The van der Waals surface area contributed by atoms with Crippen LogP contribution in [0.1, 0.15) is 0 Å². The molecule has 4 heteroatoms. The highest BCUT2D eigenvalue weighted by Crippen LogP contribution is 2.29. The summed E-state index contributed by atoms with van der Waals surface area (Å²) in [5, 5.41) is 4.39. The number of nitrogens with one attached hydrogen (secondary N) is 1. The molecule has 1 N–H and O–H groups in total. The van der Waals surface area contributed by atoms with Gasteiger partial charge in [0, 0.05) is 20.9 Å². The molecule has 1 aromatic heterocycles. The first-order chi connectivity index (χ1) is 11.9. The Morgan fingerprint density at radius 1 is 0.667 bits per heavy atom. The summed E-state index contributed by atoms with van der Waals surface area (Å²) in [6.45, 7) is 0. The molecule has 4 rings (SSSR count). The van der Waals surface area contributed by atoms with E-state index in [-0.39, 0.29) is 0 Å². The van der Waals surface area contributed by atoms with Gasteiger partial charge < -0.3 is 5.32 Å². The molecule has 4 aromatic rings. The lowest BCUT2D eigenvalue weighted by molar-refractivity contribution is 1.22. The molecular formula is C20H15N3S. The number of para-hydroxylation sites is 1. The Kier molecular flexibility index (Phi) is 4.13. The number of benzene rings is 3. The molecule has 1 heterocycles. The molecule has 0 radical (unpaired) electrons. The summed E-state index contributed by atoms with van der Waals surface area (Å²) >= 11 is 1.75. The van der Waals surface area contributed by atoms with Gasteiger partial charge in [-0.1, -0.05) is 42.1 Å². The van der Waals surface area contributed by atoms with Gasteiger partial charge in [0.15, 0.2) is 0 Å². The summed E-state index contributed by atoms with van der Waals surface area (Å²) in [4.78, 5) is 11.1. The average molecular weight is 329 g/mol. The van der Waals surface area contributed by atoms with Crippen molar-refractivity contribution in [2.75, 3.05) is 5.32 Å². The predicted octanol–water partition coefficient (Wildman–Crippen LogP) is 5.52. The zero-order chi connectivity index (χ0) is 16.2. The van der Waals surface area contributed by atoms with Crippen molar-refractivity contribution in [2.24, 2.45) is 0 Å². The first kappa shape index (κ1) is 14.7. The molecule has 0 spiro atoms. The maximum Gasteiger partial charge on any atom is 0.141 e. The van der Waals surface area contributed by atoms with E-state index in [1.807, 2.05) is 30.3 Å². The first-order valence-corrected chi connectivity index (χ1v) is 8.50. The van der Waals surface area contributed by atoms with Crippen LogP contribution in [0.2, 0.25) is 0 Å². The van der Waals surface area contributed by atoms with Crippen molar-refractivity contribution in [1.82, 2.24) is 9.97 Å². The fourth-order valence-corrected chi connectivity index (χ4v) is 3.31. The second-order valence-electron chi connectivity index (χ2n) is 5.30. The molecule has 0 unspecified atom stereocenters. The predicted molar refractivity (Wildman–Crippen MR) is 99.8 cm³/mol. The van der Waals surface area contributed by atoms with Crippen molar-refractivity contribution in [3.63, 3.8) is 0 Å². The fourth-order valence-electron chi connectivity index (χ4n) is 2.47. The SMILES string of the molecule is c1ccc(Sc2ccc(Nc3ncnc4ccccc34)cc2)cc1. The van der Waals surface area contributed by atoms with Crippen LogP contribution in [0, 0.1) is 0 Å². The van der Waals surface area contributed by atoms with E-state index in [0.29, 0.717) is 0 Å². The minimum absolute atomic E-state index is 0.823. The summed E-state index contributed by atoms with van der Waals surface area (Å²) in [6, 6.07) is 26.7. The van der Waals surface area contributed by atoms with E-state index in [2.05, 4.69) is 63.8 Å². The van der Waals surface area contributed by atoms with Crippen LogP contribution in [-0.4, -0.2) is 9.97 Å². The highest BCUT2D eigenvalue weighted by atomic mass is 32.2. The summed E-state index contributed by atoms with van der Waals surface area (Å²) in [5.74, 6) is 0.823. The molecule has 24 heavy (non-hydrogen) atoms. The number of anilines is 2. The lowest BCUT2D eigenvalue weighted by Crippen LogP contribution is -1.95. The zero-order valence-electron chi connectivity index (χ0n) is 12.9. The second kappa shape index (κ2) is 6.72. The third-order valence-corrected chi connectivity index (χ3v) is 4.65. The number of hydrogen-bond donors (Lipinski definition) is 1. The van der Waals surface area contributed by atoms with Crippen molar-refractivity contribution in [3.05, 3.63) is 85.2 Å². The highest BCUT2D eigenvalue weighted by Gasteiger charge is 2.03. The molecule has 0 fully saturated rings. The van der Waals surface area contributed by atoms with E-state index in [9.17, 15) is 0 Å². The van der Waals surface area contributed by atoms with Gasteiger partial charge in [0.1, 0.15) is 12.1 Å². The Morgan fingerprint density at radius 3 is 2.21 bits per heavy atom. The fraction of sp³-hybridized carbons (Fsp3) is 0. The summed E-state index contributed by atoms with van der Waals surface area (Å²) in [5.41, 5.74) is 1.95. The quantitative estimate of drug-likeness (QED) is 0.534. The van der Waals surface area contributed by atoms with Crippen molar-refractivity contribution in [3.8, 4) is 0 Å². The van der Waals surface area contributed by atoms with Crippen molar-refractivity contribution in [2.45, 2.75) is 9.79 Å².